The van der Waals surface area contributed by atoms with Crippen molar-refractivity contribution in [2.45, 2.75) is 71.1 Å². The minimum absolute atomic E-state index is 0.276. The molecule has 0 atom stereocenters. The van der Waals surface area contributed by atoms with Gasteiger partial charge in [-0.2, -0.15) is 0 Å². The number of nitrogens with one attached hydrogen (secondary N) is 1. The molecule has 0 aliphatic heterocycles. The molecule has 1 saturated carbocycles. The SMILES string of the molecule is CC1(NC(=O)OC(C)(C)C)CCC(=NOCc2ccc(Cl)nc2)CC1. The van der Waals surface area contributed by atoms with E-state index in [-0.39, 0.29) is 11.6 Å². The summed E-state index contributed by atoms with van der Waals surface area (Å²) in [6, 6.07) is 3.58. The third-order valence-electron chi connectivity index (χ3n) is 3.95. The Balaban J connectivity index is 1.78. The van der Waals surface area contributed by atoms with E-state index in [1.165, 1.54) is 0 Å². The third kappa shape index (κ3) is 6.90. The lowest BCUT2D eigenvalue weighted by atomic mass is 9.82. The minimum atomic E-state index is -0.494. The predicted octanol–water partition coefficient (Wildman–Crippen LogP) is 4.47. The summed E-state index contributed by atoms with van der Waals surface area (Å²) in [7, 11) is 0. The van der Waals surface area contributed by atoms with Crippen LogP contribution in [0.1, 0.15) is 58.9 Å². The van der Waals surface area contributed by atoms with Gasteiger partial charge in [-0.05, 0) is 59.4 Å². The molecule has 1 heterocycles. The van der Waals surface area contributed by atoms with Crippen molar-refractivity contribution in [3.63, 3.8) is 0 Å². The van der Waals surface area contributed by atoms with Gasteiger partial charge in [0.1, 0.15) is 17.4 Å². The van der Waals surface area contributed by atoms with Gasteiger partial charge in [0.25, 0.3) is 0 Å². The van der Waals surface area contributed by atoms with Crippen LogP contribution in [0.5, 0.6) is 0 Å². The average Bonchev–Trinajstić information content (AvgIpc) is 2.49. The second-order valence-electron chi connectivity index (χ2n) is 7.61. The Kier molecular flexibility index (Phi) is 6.27. The number of alkyl carbamates (subject to hydrolysis) is 1. The van der Waals surface area contributed by atoms with E-state index in [0.29, 0.717) is 11.8 Å². The van der Waals surface area contributed by atoms with Crippen molar-refractivity contribution >= 4 is 23.4 Å². The maximum atomic E-state index is 12.0. The molecule has 0 radical (unpaired) electrons. The first-order valence-electron chi connectivity index (χ1n) is 8.45. The van der Waals surface area contributed by atoms with Gasteiger partial charge in [0.05, 0.1) is 5.71 Å². The molecular formula is C18H26ClN3O3. The number of amides is 1. The first-order valence-corrected chi connectivity index (χ1v) is 8.82. The molecule has 1 aliphatic rings. The van der Waals surface area contributed by atoms with Crippen molar-refractivity contribution in [3.8, 4) is 0 Å². The molecule has 6 nitrogen and oxygen atoms in total. The summed E-state index contributed by atoms with van der Waals surface area (Å²) in [6.07, 6.45) is 4.47. The largest absolute Gasteiger partial charge is 0.444 e. The Morgan fingerprint density at radius 1 is 1.36 bits per heavy atom. The lowest BCUT2D eigenvalue weighted by molar-refractivity contribution is 0.0450. The van der Waals surface area contributed by atoms with Gasteiger partial charge < -0.3 is 14.9 Å². The Labute approximate surface area is 153 Å². The van der Waals surface area contributed by atoms with Crippen molar-refractivity contribution in [1.82, 2.24) is 10.3 Å². The van der Waals surface area contributed by atoms with Crippen molar-refractivity contribution in [3.05, 3.63) is 29.0 Å². The molecule has 7 heteroatoms. The van der Waals surface area contributed by atoms with Crippen LogP contribution in [0.25, 0.3) is 0 Å². The number of halogens is 1. The van der Waals surface area contributed by atoms with Gasteiger partial charge in [-0.1, -0.05) is 22.8 Å². The third-order valence-corrected chi connectivity index (χ3v) is 4.17. The fourth-order valence-corrected chi connectivity index (χ4v) is 2.66. The molecule has 1 aromatic heterocycles. The van der Waals surface area contributed by atoms with Crippen LogP contribution in [0.2, 0.25) is 5.15 Å². The predicted molar refractivity (Wildman–Crippen MR) is 97.7 cm³/mol. The molecule has 1 N–H and O–H groups in total. The van der Waals surface area contributed by atoms with Crippen LogP contribution in [0.4, 0.5) is 4.79 Å². The maximum Gasteiger partial charge on any atom is 0.408 e. The Bertz CT molecular complexity index is 613. The number of carbonyl (C=O) groups is 1. The summed E-state index contributed by atoms with van der Waals surface area (Å²) >= 11 is 5.75. The van der Waals surface area contributed by atoms with Crippen LogP contribution >= 0.6 is 11.6 Å². The highest BCUT2D eigenvalue weighted by molar-refractivity contribution is 6.29. The van der Waals surface area contributed by atoms with Gasteiger partial charge in [-0.3, -0.25) is 0 Å². The molecule has 0 saturated heterocycles. The van der Waals surface area contributed by atoms with E-state index in [0.717, 1.165) is 37.0 Å². The lowest BCUT2D eigenvalue weighted by Gasteiger charge is -2.35. The molecule has 138 valence electrons. The standard InChI is InChI=1S/C18H26ClN3O3/c1-17(2,3)25-16(23)21-18(4)9-7-14(8-10-18)22-24-12-13-5-6-15(19)20-11-13/h5-6,11H,7-10,12H2,1-4H3,(H,21,23). The van der Waals surface area contributed by atoms with Crippen molar-refractivity contribution in [2.75, 3.05) is 0 Å². The van der Waals surface area contributed by atoms with Crippen LogP contribution in [0.3, 0.4) is 0 Å². The smallest absolute Gasteiger partial charge is 0.408 e. The quantitative estimate of drug-likeness (QED) is 0.629. The number of carbonyl (C=O) groups excluding carboxylic acids is 1. The van der Waals surface area contributed by atoms with Crippen molar-refractivity contribution in [1.29, 1.82) is 0 Å². The number of pyridine rings is 1. The molecule has 0 unspecified atom stereocenters. The zero-order valence-electron chi connectivity index (χ0n) is 15.3. The van der Waals surface area contributed by atoms with E-state index in [4.69, 9.17) is 21.2 Å². The van der Waals surface area contributed by atoms with E-state index in [2.05, 4.69) is 15.5 Å². The molecule has 2 rings (SSSR count). The number of rotatable bonds is 4. The highest BCUT2D eigenvalue weighted by Crippen LogP contribution is 2.27. The summed E-state index contributed by atoms with van der Waals surface area (Å²) in [5.74, 6) is 0. The molecule has 1 aliphatic carbocycles. The second-order valence-corrected chi connectivity index (χ2v) is 7.99. The molecule has 0 spiro atoms. The van der Waals surface area contributed by atoms with Crippen LogP contribution < -0.4 is 5.32 Å². The van der Waals surface area contributed by atoms with Gasteiger partial charge in [0, 0.05) is 17.3 Å². The number of oxime groups is 1. The number of aromatic nitrogens is 1. The van der Waals surface area contributed by atoms with Gasteiger partial charge in [0.15, 0.2) is 0 Å². The molecule has 1 aromatic rings. The summed E-state index contributed by atoms with van der Waals surface area (Å²) < 4.78 is 5.33. The van der Waals surface area contributed by atoms with Crippen molar-refractivity contribution < 1.29 is 14.4 Å². The Morgan fingerprint density at radius 2 is 2.04 bits per heavy atom. The fraction of sp³-hybridized carbons (Fsp3) is 0.611. The number of hydrogen-bond acceptors (Lipinski definition) is 5. The minimum Gasteiger partial charge on any atom is -0.444 e. The molecule has 25 heavy (non-hydrogen) atoms. The van der Waals surface area contributed by atoms with E-state index < -0.39 is 5.60 Å². The lowest BCUT2D eigenvalue weighted by Crippen LogP contribution is -2.50. The molecule has 0 bridgehead atoms. The first kappa shape index (κ1) is 19.5. The van der Waals surface area contributed by atoms with Crippen LogP contribution in [0.15, 0.2) is 23.5 Å². The van der Waals surface area contributed by atoms with Crippen molar-refractivity contribution in [2.24, 2.45) is 5.16 Å². The molecular weight excluding hydrogens is 342 g/mol. The Morgan fingerprint density at radius 3 is 2.60 bits per heavy atom. The molecule has 0 aromatic carbocycles. The van der Waals surface area contributed by atoms with Gasteiger partial charge in [-0.25, -0.2) is 9.78 Å². The van der Waals surface area contributed by atoms with Gasteiger partial charge in [-0.15, -0.1) is 0 Å². The number of nitrogens with zero attached hydrogens (tertiary/aromatic N) is 2. The Hall–Kier alpha value is -1.82. The summed E-state index contributed by atoms with van der Waals surface area (Å²) in [4.78, 5) is 21.4. The number of ether oxygens (including phenoxy) is 1. The summed E-state index contributed by atoms with van der Waals surface area (Å²) in [6.45, 7) is 7.96. The van der Waals surface area contributed by atoms with E-state index >= 15 is 0 Å². The van der Waals surface area contributed by atoms with Gasteiger partial charge >= 0.3 is 6.09 Å². The zero-order chi connectivity index (χ0) is 18.5. The maximum absolute atomic E-state index is 12.0. The van der Waals surface area contributed by atoms with Gasteiger partial charge in [0.2, 0.25) is 0 Å². The van der Waals surface area contributed by atoms with E-state index in [1.807, 2.05) is 33.8 Å². The normalized spacial score (nSPS) is 20.8. The molecule has 1 amide bonds. The molecule has 1 fully saturated rings. The van der Waals surface area contributed by atoms with Crippen LogP contribution in [0, 0.1) is 0 Å². The zero-order valence-corrected chi connectivity index (χ0v) is 16.0. The average molecular weight is 368 g/mol. The summed E-state index contributed by atoms with van der Waals surface area (Å²) in [5, 5.41) is 7.66. The van der Waals surface area contributed by atoms with E-state index in [9.17, 15) is 4.79 Å². The first-order chi connectivity index (χ1) is 11.7. The number of hydrogen-bond donors (Lipinski definition) is 1. The summed E-state index contributed by atoms with van der Waals surface area (Å²) in [5.41, 5.74) is 1.15. The van der Waals surface area contributed by atoms with E-state index in [1.54, 1.807) is 12.3 Å². The highest BCUT2D eigenvalue weighted by atomic mass is 35.5. The van der Waals surface area contributed by atoms with Crippen LogP contribution in [-0.4, -0.2) is 27.9 Å². The highest BCUT2D eigenvalue weighted by Gasteiger charge is 2.32. The second kappa shape index (κ2) is 8.04. The van der Waals surface area contributed by atoms with Crippen LogP contribution in [-0.2, 0) is 16.2 Å². The monoisotopic (exact) mass is 367 g/mol. The fourth-order valence-electron chi connectivity index (χ4n) is 2.55. The topological polar surface area (TPSA) is 72.8 Å².